The van der Waals surface area contributed by atoms with E-state index in [1.165, 1.54) is 6.07 Å². The molecule has 0 aliphatic carbocycles. The van der Waals surface area contributed by atoms with Crippen molar-refractivity contribution in [2.75, 3.05) is 11.5 Å². The maximum Gasteiger partial charge on any atom is 0.151 e. The number of rotatable bonds is 4. The molecule has 1 saturated heterocycles. The molecular weight excluding hydrogens is 317 g/mol. The van der Waals surface area contributed by atoms with Crippen molar-refractivity contribution in [3.05, 3.63) is 47.8 Å². The van der Waals surface area contributed by atoms with E-state index in [0.29, 0.717) is 18.7 Å². The maximum atomic E-state index is 14.3. The van der Waals surface area contributed by atoms with Crippen molar-refractivity contribution >= 4 is 9.84 Å². The van der Waals surface area contributed by atoms with Crippen LogP contribution in [0, 0.1) is 12.7 Å². The van der Waals surface area contributed by atoms with Gasteiger partial charge in [0.2, 0.25) is 0 Å². The third-order valence-electron chi connectivity index (χ3n) is 4.16. The molecule has 0 amide bonds. The summed E-state index contributed by atoms with van der Waals surface area (Å²) in [4.78, 5) is 4.09. The minimum absolute atomic E-state index is 0.0487. The molecule has 5 nitrogen and oxygen atoms in total. The van der Waals surface area contributed by atoms with Gasteiger partial charge >= 0.3 is 0 Å². The molecule has 1 atom stereocenters. The van der Waals surface area contributed by atoms with E-state index in [2.05, 4.69) is 10.3 Å². The lowest BCUT2D eigenvalue weighted by molar-refractivity contribution is 0.479. The van der Waals surface area contributed by atoms with Crippen LogP contribution >= 0.6 is 0 Å². The zero-order valence-corrected chi connectivity index (χ0v) is 13.8. The molecule has 2 aromatic rings. The van der Waals surface area contributed by atoms with Crippen LogP contribution in [-0.4, -0.2) is 35.5 Å². The van der Waals surface area contributed by atoms with Gasteiger partial charge in [0, 0.05) is 25.0 Å². The third-order valence-corrected chi connectivity index (χ3v) is 5.98. The molecule has 2 heterocycles. The smallest absolute Gasteiger partial charge is 0.151 e. The van der Waals surface area contributed by atoms with Crippen molar-refractivity contribution in [3.63, 3.8) is 0 Å². The highest BCUT2D eigenvalue weighted by Gasteiger charge is 2.24. The fraction of sp³-hybridized carbons (Fsp3) is 0.438. The highest BCUT2D eigenvalue weighted by Crippen LogP contribution is 2.18. The zero-order chi connectivity index (χ0) is 16.4. The molecule has 124 valence electrons. The molecule has 7 heteroatoms. The predicted octanol–water partition coefficient (Wildman–Crippen LogP) is 1.99. The summed E-state index contributed by atoms with van der Waals surface area (Å²) in [6, 6.07) is 5.01. The Balaban J connectivity index is 1.68. The first kappa shape index (κ1) is 16.1. The average molecular weight is 337 g/mol. The Morgan fingerprint density at radius 3 is 2.91 bits per heavy atom. The molecule has 1 aliphatic rings. The first-order valence-electron chi connectivity index (χ1n) is 7.67. The van der Waals surface area contributed by atoms with Crippen molar-refractivity contribution in [1.29, 1.82) is 0 Å². The SMILES string of the molecule is Cc1nccn1-c1ccc(CNC2CCCS(=O)(=O)C2)cc1F. The lowest BCUT2D eigenvalue weighted by atomic mass is 10.1. The molecule has 1 N–H and O–H groups in total. The monoisotopic (exact) mass is 337 g/mol. The lowest BCUT2D eigenvalue weighted by Crippen LogP contribution is -2.39. The molecule has 0 radical (unpaired) electrons. The maximum absolute atomic E-state index is 14.3. The number of imidazole rings is 1. The molecule has 3 rings (SSSR count). The number of halogens is 1. The van der Waals surface area contributed by atoms with Crippen LogP contribution in [0.15, 0.2) is 30.6 Å². The first-order chi connectivity index (χ1) is 10.9. The topological polar surface area (TPSA) is 64.0 Å². The van der Waals surface area contributed by atoms with E-state index in [1.54, 1.807) is 23.0 Å². The normalized spacial score (nSPS) is 20.5. The summed E-state index contributed by atoms with van der Waals surface area (Å²) in [7, 11) is -2.93. The summed E-state index contributed by atoms with van der Waals surface area (Å²) in [5, 5.41) is 3.22. The first-order valence-corrected chi connectivity index (χ1v) is 9.49. The van der Waals surface area contributed by atoms with Crippen LogP contribution in [0.2, 0.25) is 0 Å². The van der Waals surface area contributed by atoms with Crippen LogP contribution in [-0.2, 0) is 16.4 Å². The Morgan fingerprint density at radius 1 is 1.43 bits per heavy atom. The Morgan fingerprint density at radius 2 is 2.26 bits per heavy atom. The molecule has 1 unspecified atom stereocenters. The van der Waals surface area contributed by atoms with Crippen LogP contribution in [0.3, 0.4) is 0 Å². The van der Waals surface area contributed by atoms with Gasteiger partial charge < -0.3 is 9.88 Å². The Hall–Kier alpha value is -1.73. The van der Waals surface area contributed by atoms with E-state index >= 15 is 0 Å². The van der Waals surface area contributed by atoms with Gasteiger partial charge in [0.05, 0.1) is 17.2 Å². The molecule has 0 bridgehead atoms. The number of hydrogen-bond donors (Lipinski definition) is 1. The van der Waals surface area contributed by atoms with E-state index in [4.69, 9.17) is 0 Å². The summed E-state index contributed by atoms with van der Waals surface area (Å²) in [5.74, 6) is 0.851. The second kappa shape index (κ2) is 6.41. The minimum Gasteiger partial charge on any atom is -0.309 e. The largest absolute Gasteiger partial charge is 0.309 e. The molecule has 1 fully saturated rings. The number of nitrogens with zero attached hydrogens (tertiary/aromatic N) is 2. The van der Waals surface area contributed by atoms with Gasteiger partial charge in [-0.1, -0.05) is 6.07 Å². The second-order valence-corrected chi connectivity index (χ2v) is 8.19. The average Bonchev–Trinajstić information content (AvgIpc) is 2.90. The van der Waals surface area contributed by atoms with Gasteiger partial charge in [0.15, 0.2) is 9.84 Å². The molecule has 0 spiro atoms. The van der Waals surface area contributed by atoms with Crippen molar-refractivity contribution in [1.82, 2.24) is 14.9 Å². The Labute approximate surface area is 135 Å². The predicted molar refractivity (Wildman–Crippen MR) is 86.8 cm³/mol. The molecule has 0 saturated carbocycles. The number of benzene rings is 1. The van der Waals surface area contributed by atoms with Gasteiger partial charge in [0.25, 0.3) is 0 Å². The number of nitrogens with one attached hydrogen (secondary N) is 1. The standard InChI is InChI=1S/C16H20FN3O2S/c1-12-18-6-7-20(12)16-5-4-13(9-15(16)17)10-19-14-3-2-8-23(21,22)11-14/h4-7,9,14,19H,2-3,8,10-11H2,1H3. The fourth-order valence-electron chi connectivity index (χ4n) is 2.93. The van der Waals surface area contributed by atoms with Gasteiger partial charge in [0.1, 0.15) is 11.6 Å². The number of aromatic nitrogens is 2. The highest BCUT2D eigenvalue weighted by atomic mass is 32.2. The quantitative estimate of drug-likeness (QED) is 0.927. The van der Waals surface area contributed by atoms with E-state index in [0.717, 1.165) is 17.8 Å². The Bertz CT molecular complexity index is 801. The van der Waals surface area contributed by atoms with E-state index in [9.17, 15) is 12.8 Å². The van der Waals surface area contributed by atoms with Gasteiger partial charge in [-0.3, -0.25) is 0 Å². The minimum atomic E-state index is -2.93. The van der Waals surface area contributed by atoms with Crippen LogP contribution in [0.1, 0.15) is 24.2 Å². The van der Waals surface area contributed by atoms with Gasteiger partial charge in [-0.2, -0.15) is 0 Å². The summed E-state index contributed by atoms with van der Waals surface area (Å²) < 4.78 is 39.3. The summed E-state index contributed by atoms with van der Waals surface area (Å²) in [5.41, 5.74) is 1.26. The summed E-state index contributed by atoms with van der Waals surface area (Å²) in [6.45, 7) is 2.28. The Kier molecular flexibility index (Phi) is 4.50. The number of aryl methyl sites for hydroxylation is 1. The van der Waals surface area contributed by atoms with Gasteiger partial charge in [-0.05, 0) is 37.5 Å². The zero-order valence-electron chi connectivity index (χ0n) is 13.0. The number of sulfone groups is 1. The van der Waals surface area contributed by atoms with Crippen molar-refractivity contribution in [2.24, 2.45) is 0 Å². The summed E-state index contributed by atoms with van der Waals surface area (Å²) >= 11 is 0. The molecule has 1 aliphatic heterocycles. The van der Waals surface area contributed by atoms with E-state index in [1.807, 2.05) is 13.0 Å². The van der Waals surface area contributed by atoms with Crippen molar-refractivity contribution < 1.29 is 12.8 Å². The summed E-state index contributed by atoms with van der Waals surface area (Å²) in [6.07, 6.45) is 4.88. The molecule has 1 aromatic heterocycles. The van der Waals surface area contributed by atoms with E-state index < -0.39 is 9.84 Å². The van der Waals surface area contributed by atoms with Crippen LogP contribution in [0.4, 0.5) is 4.39 Å². The highest BCUT2D eigenvalue weighted by molar-refractivity contribution is 7.91. The second-order valence-electron chi connectivity index (χ2n) is 5.96. The number of hydrogen-bond acceptors (Lipinski definition) is 4. The van der Waals surface area contributed by atoms with Crippen molar-refractivity contribution in [2.45, 2.75) is 32.4 Å². The van der Waals surface area contributed by atoms with Crippen molar-refractivity contribution in [3.8, 4) is 5.69 Å². The van der Waals surface area contributed by atoms with Crippen LogP contribution in [0.5, 0.6) is 0 Å². The molecular formula is C16H20FN3O2S. The van der Waals surface area contributed by atoms with Crippen LogP contribution < -0.4 is 5.32 Å². The molecule has 1 aromatic carbocycles. The van der Waals surface area contributed by atoms with Gasteiger partial charge in [-0.25, -0.2) is 17.8 Å². The fourth-order valence-corrected chi connectivity index (χ4v) is 4.61. The van der Waals surface area contributed by atoms with E-state index in [-0.39, 0.29) is 23.4 Å². The lowest BCUT2D eigenvalue weighted by Gasteiger charge is -2.23. The van der Waals surface area contributed by atoms with Crippen LogP contribution in [0.25, 0.3) is 5.69 Å². The third kappa shape index (κ3) is 3.79. The van der Waals surface area contributed by atoms with Gasteiger partial charge in [-0.15, -0.1) is 0 Å². The molecule has 23 heavy (non-hydrogen) atoms.